The molecule has 14 heavy (non-hydrogen) atoms. The van der Waals surface area contributed by atoms with E-state index in [0.717, 1.165) is 11.9 Å². The zero-order chi connectivity index (χ0) is 9.80. The lowest BCUT2D eigenvalue weighted by atomic mass is 9.86. The van der Waals surface area contributed by atoms with Crippen molar-refractivity contribution >= 4 is 5.95 Å². The Hall–Kier alpha value is -1.12. The Labute approximate surface area is 85.0 Å². The second kappa shape index (κ2) is 4.40. The fourth-order valence-electron chi connectivity index (χ4n) is 2.07. The van der Waals surface area contributed by atoms with Crippen molar-refractivity contribution in [2.24, 2.45) is 5.92 Å². The van der Waals surface area contributed by atoms with E-state index in [1.165, 1.54) is 25.7 Å². The molecule has 0 saturated heterocycles. The Kier molecular flexibility index (Phi) is 2.96. The van der Waals surface area contributed by atoms with Gasteiger partial charge in [-0.05, 0) is 24.8 Å². The van der Waals surface area contributed by atoms with E-state index >= 15 is 0 Å². The quantitative estimate of drug-likeness (QED) is 0.780. The highest BCUT2D eigenvalue weighted by molar-refractivity contribution is 5.24. The number of anilines is 1. The molecule has 0 radical (unpaired) electrons. The van der Waals surface area contributed by atoms with Gasteiger partial charge in [-0.3, -0.25) is 0 Å². The molecule has 76 valence electrons. The molecule has 1 aromatic rings. The lowest BCUT2D eigenvalue weighted by molar-refractivity contribution is 0.348. The maximum Gasteiger partial charge on any atom is 0.222 e. The molecule has 0 bridgehead atoms. The Balaban J connectivity index is 1.96. The first-order valence-corrected chi connectivity index (χ1v) is 5.40. The molecule has 1 aliphatic rings. The highest BCUT2D eigenvalue weighted by Crippen LogP contribution is 2.25. The van der Waals surface area contributed by atoms with Crippen molar-refractivity contribution in [1.29, 1.82) is 0 Å². The van der Waals surface area contributed by atoms with E-state index in [0.29, 0.717) is 6.04 Å². The summed E-state index contributed by atoms with van der Waals surface area (Å²) in [5.41, 5.74) is 0. The fraction of sp³-hybridized carbons (Fsp3) is 0.636. The topological polar surface area (TPSA) is 37.8 Å². The number of hydrogen-bond acceptors (Lipinski definition) is 3. The van der Waals surface area contributed by atoms with Crippen LogP contribution in [-0.4, -0.2) is 16.0 Å². The predicted octanol–water partition coefficient (Wildman–Crippen LogP) is 2.47. The second-order valence-corrected chi connectivity index (χ2v) is 4.08. The van der Waals surface area contributed by atoms with E-state index in [1.54, 1.807) is 12.4 Å². The van der Waals surface area contributed by atoms with Crippen LogP contribution in [0.2, 0.25) is 0 Å². The molecule has 0 aliphatic heterocycles. The van der Waals surface area contributed by atoms with E-state index in [9.17, 15) is 0 Å². The van der Waals surface area contributed by atoms with Crippen LogP contribution in [0.4, 0.5) is 5.95 Å². The van der Waals surface area contributed by atoms with Crippen LogP contribution in [0.5, 0.6) is 0 Å². The summed E-state index contributed by atoms with van der Waals surface area (Å²) in [5.74, 6) is 1.51. The molecule has 3 heteroatoms. The van der Waals surface area contributed by atoms with Crippen molar-refractivity contribution in [2.75, 3.05) is 5.32 Å². The Morgan fingerprint density at radius 1 is 1.21 bits per heavy atom. The summed E-state index contributed by atoms with van der Waals surface area (Å²) in [6, 6.07) is 2.40. The number of nitrogens with zero attached hydrogens (tertiary/aromatic N) is 2. The third kappa shape index (κ3) is 2.22. The molecule has 2 unspecified atom stereocenters. The minimum atomic E-state index is 0.561. The second-order valence-electron chi connectivity index (χ2n) is 4.08. The Morgan fingerprint density at radius 2 is 1.93 bits per heavy atom. The highest BCUT2D eigenvalue weighted by Gasteiger charge is 2.21. The van der Waals surface area contributed by atoms with Crippen LogP contribution in [0.25, 0.3) is 0 Å². The van der Waals surface area contributed by atoms with Gasteiger partial charge in [0.05, 0.1) is 0 Å². The Bertz CT molecular complexity index is 273. The molecule has 0 amide bonds. The smallest absolute Gasteiger partial charge is 0.222 e. The van der Waals surface area contributed by atoms with Gasteiger partial charge in [0.15, 0.2) is 0 Å². The molecular weight excluding hydrogens is 174 g/mol. The average molecular weight is 191 g/mol. The number of nitrogens with one attached hydrogen (secondary N) is 1. The van der Waals surface area contributed by atoms with Gasteiger partial charge >= 0.3 is 0 Å². The van der Waals surface area contributed by atoms with Crippen molar-refractivity contribution in [3.05, 3.63) is 18.5 Å². The maximum atomic E-state index is 4.19. The van der Waals surface area contributed by atoms with Crippen LogP contribution in [0, 0.1) is 5.92 Å². The zero-order valence-corrected chi connectivity index (χ0v) is 8.61. The van der Waals surface area contributed by atoms with Crippen molar-refractivity contribution < 1.29 is 0 Å². The maximum absolute atomic E-state index is 4.19. The third-order valence-corrected chi connectivity index (χ3v) is 2.99. The summed E-state index contributed by atoms with van der Waals surface area (Å²) in [6.07, 6.45) is 8.83. The van der Waals surface area contributed by atoms with Crippen molar-refractivity contribution in [2.45, 2.75) is 38.6 Å². The lowest BCUT2D eigenvalue weighted by Gasteiger charge is -2.29. The van der Waals surface area contributed by atoms with Gasteiger partial charge in [-0.15, -0.1) is 0 Å². The van der Waals surface area contributed by atoms with Crippen LogP contribution < -0.4 is 5.32 Å². The zero-order valence-electron chi connectivity index (χ0n) is 8.61. The van der Waals surface area contributed by atoms with E-state index in [1.807, 2.05) is 6.07 Å². The lowest BCUT2D eigenvalue weighted by Crippen LogP contribution is -2.30. The number of rotatable bonds is 2. The average Bonchev–Trinajstić information content (AvgIpc) is 2.23. The summed E-state index contributed by atoms with van der Waals surface area (Å²) in [4.78, 5) is 8.37. The molecule has 0 spiro atoms. The van der Waals surface area contributed by atoms with Crippen LogP contribution in [0.15, 0.2) is 18.5 Å². The largest absolute Gasteiger partial charge is 0.351 e. The number of hydrogen-bond donors (Lipinski definition) is 1. The van der Waals surface area contributed by atoms with Crippen LogP contribution in [0.1, 0.15) is 32.6 Å². The molecule has 1 aliphatic carbocycles. The SMILES string of the molecule is CC1CCCCC1Nc1ncccn1. The molecule has 2 atom stereocenters. The summed E-state index contributed by atoms with van der Waals surface area (Å²) in [6.45, 7) is 2.31. The first-order valence-electron chi connectivity index (χ1n) is 5.40. The minimum absolute atomic E-state index is 0.561. The Morgan fingerprint density at radius 3 is 2.64 bits per heavy atom. The van der Waals surface area contributed by atoms with Gasteiger partial charge < -0.3 is 5.32 Å². The predicted molar refractivity (Wildman–Crippen MR) is 57.1 cm³/mol. The van der Waals surface area contributed by atoms with E-state index in [4.69, 9.17) is 0 Å². The molecule has 1 fully saturated rings. The molecular formula is C11H17N3. The third-order valence-electron chi connectivity index (χ3n) is 2.99. The van der Waals surface area contributed by atoms with Gasteiger partial charge in [-0.1, -0.05) is 19.8 Å². The van der Waals surface area contributed by atoms with Crippen LogP contribution in [-0.2, 0) is 0 Å². The monoisotopic (exact) mass is 191 g/mol. The van der Waals surface area contributed by atoms with E-state index in [-0.39, 0.29) is 0 Å². The standard InChI is InChI=1S/C11H17N3/c1-9-5-2-3-6-10(9)14-11-12-7-4-8-13-11/h4,7-10H,2-3,5-6H2,1H3,(H,12,13,14). The van der Waals surface area contributed by atoms with Gasteiger partial charge in [-0.2, -0.15) is 0 Å². The molecule has 1 aromatic heterocycles. The van der Waals surface area contributed by atoms with Crippen LogP contribution >= 0.6 is 0 Å². The van der Waals surface area contributed by atoms with Crippen molar-refractivity contribution in [1.82, 2.24) is 9.97 Å². The molecule has 3 nitrogen and oxygen atoms in total. The first-order chi connectivity index (χ1) is 6.86. The first kappa shape index (κ1) is 9.44. The van der Waals surface area contributed by atoms with Gasteiger partial charge in [0.2, 0.25) is 5.95 Å². The van der Waals surface area contributed by atoms with Gasteiger partial charge in [-0.25, -0.2) is 9.97 Å². The summed E-state index contributed by atoms with van der Waals surface area (Å²) in [7, 11) is 0. The summed E-state index contributed by atoms with van der Waals surface area (Å²) in [5, 5.41) is 3.41. The highest BCUT2D eigenvalue weighted by atomic mass is 15.1. The molecule has 0 aromatic carbocycles. The molecule has 2 rings (SSSR count). The van der Waals surface area contributed by atoms with E-state index in [2.05, 4.69) is 22.2 Å². The van der Waals surface area contributed by atoms with Crippen molar-refractivity contribution in [3.63, 3.8) is 0 Å². The molecule has 1 N–H and O–H groups in total. The summed E-state index contributed by atoms with van der Waals surface area (Å²) >= 11 is 0. The summed E-state index contributed by atoms with van der Waals surface area (Å²) < 4.78 is 0. The number of aromatic nitrogens is 2. The van der Waals surface area contributed by atoms with E-state index < -0.39 is 0 Å². The van der Waals surface area contributed by atoms with Gasteiger partial charge in [0.25, 0.3) is 0 Å². The molecule has 1 saturated carbocycles. The van der Waals surface area contributed by atoms with Crippen LogP contribution in [0.3, 0.4) is 0 Å². The van der Waals surface area contributed by atoms with Crippen molar-refractivity contribution in [3.8, 4) is 0 Å². The van der Waals surface area contributed by atoms with Gasteiger partial charge in [0.1, 0.15) is 0 Å². The normalized spacial score (nSPS) is 27.2. The fourth-order valence-corrected chi connectivity index (χ4v) is 2.07. The minimum Gasteiger partial charge on any atom is -0.351 e. The van der Waals surface area contributed by atoms with Gasteiger partial charge in [0, 0.05) is 18.4 Å². The molecule has 1 heterocycles.